The molecule has 0 aromatic heterocycles. The van der Waals surface area contributed by atoms with Crippen LogP contribution in [0.15, 0.2) is 18.2 Å². The van der Waals surface area contributed by atoms with Crippen LogP contribution in [0.4, 0.5) is 8.78 Å². The Kier molecular flexibility index (Phi) is 3.75. The van der Waals surface area contributed by atoms with E-state index in [-0.39, 0.29) is 11.0 Å². The molecule has 1 aromatic rings. The summed E-state index contributed by atoms with van der Waals surface area (Å²) in [5.74, 6) is -1.08. The summed E-state index contributed by atoms with van der Waals surface area (Å²) in [5, 5.41) is 10.1. The monoisotopic (exact) mass is 283 g/mol. The average molecular weight is 283 g/mol. The minimum atomic E-state index is -0.997. The molecule has 2 aliphatic heterocycles. The fourth-order valence-electron chi connectivity index (χ4n) is 3.27. The predicted octanol–water partition coefficient (Wildman–Crippen LogP) is 2.11. The van der Waals surface area contributed by atoms with Gasteiger partial charge in [-0.3, -0.25) is 4.90 Å². The summed E-state index contributed by atoms with van der Waals surface area (Å²) in [5.41, 5.74) is 0.244. The Balaban J connectivity index is 1.64. The van der Waals surface area contributed by atoms with Crippen molar-refractivity contribution in [3.05, 3.63) is 35.4 Å². The van der Waals surface area contributed by atoms with Crippen molar-refractivity contribution in [2.45, 2.75) is 18.9 Å². The van der Waals surface area contributed by atoms with Crippen LogP contribution < -0.4 is 0 Å². The van der Waals surface area contributed by atoms with Gasteiger partial charge in [0.15, 0.2) is 0 Å². The third-order valence-electron chi connectivity index (χ3n) is 4.45. The molecule has 0 saturated carbocycles. The molecule has 0 aliphatic carbocycles. The van der Waals surface area contributed by atoms with Crippen molar-refractivity contribution >= 4 is 0 Å². The van der Waals surface area contributed by atoms with Gasteiger partial charge < -0.3 is 9.84 Å². The second-order valence-corrected chi connectivity index (χ2v) is 5.97. The Morgan fingerprint density at radius 3 is 2.95 bits per heavy atom. The molecule has 1 N–H and O–H groups in total. The number of hydrogen-bond acceptors (Lipinski definition) is 3. The molecule has 1 spiro atoms. The topological polar surface area (TPSA) is 32.7 Å². The molecule has 0 amide bonds. The van der Waals surface area contributed by atoms with Gasteiger partial charge >= 0.3 is 0 Å². The smallest absolute Gasteiger partial charge is 0.129 e. The van der Waals surface area contributed by atoms with Crippen LogP contribution in [0.5, 0.6) is 0 Å². The maximum Gasteiger partial charge on any atom is 0.129 e. The van der Waals surface area contributed by atoms with Gasteiger partial charge in [0.2, 0.25) is 0 Å². The minimum Gasteiger partial charge on any atom is -0.387 e. The summed E-state index contributed by atoms with van der Waals surface area (Å²) in [7, 11) is 0. The Labute approximate surface area is 117 Å². The van der Waals surface area contributed by atoms with Gasteiger partial charge in [0, 0.05) is 30.7 Å². The Morgan fingerprint density at radius 2 is 2.20 bits per heavy atom. The van der Waals surface area contributed by atoms with E-state index in [1.54, 1.807) is 0 Å². The number of benzene rings is 1. The van der Waals surface area contributed by atoms with E-state index in [0.717, 1.165) is 57.3 Å². The fourth-order valence-corrected chi connectivity index (χ4v) is 3.27. The van der Waals surface area contributed by atoms with Crippen LogP contribution >= 0.6 is 0 Å². The van der Waals surface area contributed by atoms with E-state index in [4.69, 9.17) is 4.74 Å². The zero-order valence-corrected chi connectivity index (χ0v) is 11.3. The van der Waals surface area contributed by atoms with Crippen molar-refractivity contribution < 1.29 is 18.6 Å². The molecule has 0 bridgehead atoms. The van der Waals surface area contributed by atoms with Gasteiger partial charge in [-0.15, -0.1) is 0 Å². The van der Waals surface area contributed by atoms with Crippen molar-refractivity contribution in [3.63, 3.8) is 0 Å². The SMILES string of the molecule is OC(CN1CCC2(CCOC2)C1)c1cc(F)ccc1F. The van der Waals surface area contributed by atoms with Gasteiger partial charge in [0.1, 0.15) is 11.6 Å². The van der Waals surface area contributed by atoms with E-state index in [0.29, 0.717) is 6.54 Å². The minimum absolute atomic E-state index is 0.0358. The standard InChI is InChI=1S/C15H19F2NO2/c16-11-1-2-13(17)12(7-11)14(19)8-18-5-3-15(9-18)4-6-20-10-15/h1-2,7,14,19H,3-6,8-10H2. The number of likely N-dealkylation sites (tertiary alicyclic amines) is 1. The molecule has 110 valence electrons. The zero-order valence-electron chi connectivity index (χ0n) is 11.3. The molecule has 2 atom stereocenters. The third-order valence-corrected chi connectivity index (χ3v) is 4.45. The summed E-state index contributed by atoms with van der Waals surface area (Å²) in [6.07, 6.45) is 1.10. The summed E-state index contributed by atoms with van der Waals surface area (Å²) in [6, 6.07) is 3.20. The van der Waals surface area contributed by atoms with E-state index < -0.39 is 17.7 Å². The number of rotatable bonds is 3. The lowest BCUT2D eigenvalue weighted by Gasteiger charge is -2.24. The largest absolute Gasteiger partial charge is 0.387 e. The Hall–Kier alpha value is -1.04. The number of aliphatic hydroxyl groups excluding tert-OH is 1. The molecule has 2 fully saturated rings. The van der Waals surface area contributed by atoms with Gasteiger partial charge in [-0.1, -0.05) is 0 Å². The van der Waals surface area contributed by atoms with E-state index in [9.17, 15) is 13.9 Å². The summed E-state index contributed by atoms with van der Waals surface area (Å²) in [6.45, 7) is 3.64. The number of nitrogens with zero attached hydrogens (tertiary/aromatic N) is 1. The Morgan fingerprint density at radius 1 is 1.35 bits per heavy atom. The molecular formula is C15H19F2NO2. The van der Waals surface area contributed by atoms with Crippen LogP contribution in [0.3, 0.4) is 0 Å². The van der Waals surface area contributed by atoms with Crippen LogP contribution in [0.25, 0.3) is 0 Å². The molecule has 2 aliphatic rings. The molecule has 2 saturated heterocycles. The highest BCUT2D eigenvalue weighted by molar-refractivity contribution is 5.21. The number of hydrogen-bond donors (Lipinski definition) is 1. The molecule has 3 rings (SSSR count). The summed E-state index contributed by atoms with van der Waals surface area (Å²) in [4.78, 5) is 2.11. The lowest BCUT2D eigenvalue weighted by molar-refractivity contribution is 0.109. The van der Waals surface area contributed by atoms with Gasteiger partial charge in [-0.25, -0.2) is 8.78 Å². The highest BCUT2D eigenvalue weighted by atomic mass is 19.1. The number of aliphatic hydroxyl groups is 1. The quantitative estimate of drug-likeness (QED) is 0.922. The lowest BCUT2D eigenvalue weighted by atomic mass is 9.87. The number of halogens is 2. The summed E-state index contributed by atoms with van der Waals surface area (Å²) >= 11 is 0. The normalized spacial score (nSPS) is 28.4. The van der Waals surface area contributed by atoms with E-state index in [2.05, 4.69) is 4.90 Å². The van der Waals surface area contributed by atoms with Crippen molar-refractivity contribution in [3.8, 4) is 0 Å². The predicted molar refractivity (Wildman–Crippen MR) is 70.2 cm³/mol. The van der Waals surface area contributed by atoms with Gasteiger partial charge in [0.05, 0.1) is 12.7 Å². The van der Waals surface area contributed by atoms with Crippen LogP contribution in [-0.4, -0.2) is 42.9 Å². The summed E-state index contributed by atoms with van der Waals surface area (Å²) < 4.78 is 32.2. The van der Waals surface area contributed by atoms with Gasteiger partial charge in [-0.2, -0.15) is 0 Å². The first kappa shape index (κ1) is 13.9. The van der Waals surface area contributed by atoms with E-state index in [1.165, 1.54) is 0 Å². The maximum atomic E-state index is 13.6. The fraction of sp³-hybridized carbons (Fsp3) is 0.600. The molecular weight excluding hydrogens is 264 g/mol. The Bertz CT molecular complexity index is 489. The number of ether oxygens (including phenoxy) is 1. The van der Waals surface area contributed by atoms with Crippen LogP contribution in [0, 0.1) is 17.0 Å². The average Bonchev–Trinajstić information content (AvgIpc) is 3.03. The maximum absolute atomic E-state index is 13.6. The molecule has 2 unspecified atom stereocenters. The molecule has 3 nitrogen and oxygen atoms in total. The molecule has 2 heterocycles. The molecule has 1 aromatic carbocycles. The van der Waals surface area contributed by atoms with E-state index >= 15 is 0 Å². The number of β-amino-alcohol motifs (C(OH)–C–C–N with tert-alkyl or cyclic N) is 1. The van der Waals surface area contributed by atoms with E-state index in [1.807, 2.05) is 0 Å². The zero-order chi connectivity index (χ0) is 14.2. The van der Waals surface area contributed by atoms with Crippen LogP contribution in [0.2, 0.25) is 0 Å². The highest BCUT2D eigenvalue weighted by Crippen LogP contribution is 2.38. The van der Waals surface area contributed by atoms with Crippen LogP contribution in [0.1, 0.15) is 24.5 Å². The lowest BCUT2D eigenvalue weighted by Crippen LogP contribution is -2.31. The van der Waals surface area contributed by atoms with Crippen molar-refractivity contribution in [1.29, 1.82) is 0 Å². The molecule has 5 heteroatoms. The first-order valence-corrected chi connectivity index (χ1v) is 7.01. The van der Waals surface area contributed by atoms with Crippen molar-refractivity contribution in [1.82, 2.24) is 4.90 Å². The van der Waals surface area contributed by atoms with Gasteiger partial charge in [0.25, 0.3) is 0 Å². The van der Waals surface area contributed by atoms with Gasteiger partial charge in [-0.05, 0) is 37.6 Å². The first-order valence-electron chi connectivity index (χ1n) is 7.01. The van der Waals surface area contributed by atoms with Crippen molar-refractivity contribution in [2.24, 2.45) is 5.41 Å². The second kappa shape index (κ2) is 5.39. The van der Waals surface area contributed by atoms with Crippen molar-refractivity contribution in [2.75, 3.05) is 32.8 Å². The molecule has 20 heavy (non-hydrogen) atoms. The third kappa shape index (κ3) is 2.71. The highest BCUT2D eigenvalue weighted by Gasteiger charge is 2.41. The second-order valence-electron chi connectivity index (χ2n) is 5.97. The first-order chi connectivity index (χ1) is 9.58. The molecule has 0 radical (unpaired) electrons. The van der Waals surface area contributed by atoms with Crippen LogP contribution in [-0.2, 0) is 4.74 Å².